The molecule has 1 N–H and O–H groups in total. The Labute approximate surface area is 150 Å². The third-order valence-electron chi connectivity index (χ3n) is 5.74. The molecule has 1 fully saturated rings. The van der Waals surface area contributed by atoms with Crippen LogP contribution in [0.5, 0.6) is 11.5 Å². The first-order valence-electron chi connectivity index (χ1n) is 9.04. The number of fused-ring (bicyclic) bond motifs is 6. The minimum Gasteiger partial charge on any atom is -0.454 e. The number of anilines is 1. The number of pyridine rings is 1. The minimum atomic E-state index is 0.0922. The van der Waals surface area contributed by atoms with Gasteiger partial charge in [0, 0.05) is 35.4 Å². The van der Waals surface area contributed by atoms with Gasteiger partial charge >= 0.3 is 0 Å². The summed E-state index contributed by atoms with van der Waals surface area (Å²) in [5, 5.41) is 4.94. The SMILES string of the molecule is c1cnc2ccc3c(c2c1)[C@@H]1OCC[C@@H]1[C@@H](c1ccc2c(c1)OCO2)N3. The first-order valence-corrected chi connectivity index (χ1v) is 9.04. The topological polar surface area (TPSA) is 52.6 Å². The second-order valence-corrected chi connectivity index (χ2v) is 7.08. The van der Waals surface area contributed by atoms with E-state index in [0.29, 0.717) is 12.7 Å². The van der Waals surface area contributed by atoms with E-state index in [9.17, 15) is 0 Å². The Bertz CT molecular complexity index is 1020. The zero-order valence-corrected chi connectivity index (χ0v) is 14.1. The first-order chi connectivity index (χ1) is 12.9. The van der Waals surface area contributed by atoms with Crippen LogP contribution in [-0.4, -0.2) is 18.4 Å². The lowest BCUT2D eigenvalue weighted by Crippen LogP contribution is -2.29. The molecule has 0 radical (unpaired) electrons. The Morgan fingerprint density at radius 2 is 2.00 bits per heavy atom. The molecule has 6 rings (SSSR count). The molecule has 0 unspecified atom stereocenters. The molecule has 26 heavy (non-hydrogen) atoms. The molecule has 2 aromatic carbocycles. The van der Waals surface area contributed by atoms with Crippen molar-refractivity contribution in [3.63, 3.8) is 0 Å². The third-order valence-corrected chi connectivity index (χ3v) is 5.74. The van der Waals surface area contributed by atoms with E-state index >= 15 is 0 Å². The van der Waals surface area contributed by atoms with Crippen molar-refractivity contribution in [1.82, 2.24) is 4.98 Å². The molecule has 5 nitrogen and oxygen atoms in total. The summed E-state index contributed by atoms with van der Waals surface area (Å²) in [6.45, 7) is 1.09. The van der Waals surface area contributed by atoms with Gasteiger partial charge in [-0.15, -0.1) is 0 Å². The first kappa shape index (κ1) is 14.4. The summed E-state index contributed by atoms with van der Waals surface area (Å²) < 4.78 is 17.2. The van der Waals surface area contributed by atoms with Crippen LogP contribution in [0.2, 0.25) is 0 Å². The van der Waals surface area contributed by atoms with Crippen LogP contribution in [0.25, 0.3) is 10.9 Å². The van der Waals surface area contributed by atoms with Gasteiger partial charge in [-0.2, -0.15) is 0 Å². The number of nitrogens with zero attached hydrogens (tertiary/aromatic N) is 1. The van der Waals surface area contributed by atoms with Crippen molar-refractivity contribution in [2.75, 3.05) is 18.7 Å². The lowest BCUT2D eigenvalue weighted by molar-refractivity contribution is 0.0841. The molecule has 3 aliphatic heterocycles. The van der Waals surface area contributed by atoms with E-state index in [-0.39, 0.29) is 12.1 Å². The summed E-state index contributed by atoms with van der Waals surface area (Å²) in [6, 6.07) is 14.8. The number of nitrogens with one attached hydrogen (secondary N) is 1. The standard InChI is InChI=1S/C21H18N2O3/c1-2-13-15(22-8-1)4-5-16-19(13)21-14(7-9-24-21)20(23-16)12-3-6-17-18(10-12)26-11-25-17/h1-6,8,10,14,20-21,23H,7,9,11H2/t14-,20-,21-/m1/s1. The highest BCUT2D eigenvalue weighted by Crippen LogP contribution is 2.52. The van der Waals surface area contributed by atoms with Gasteiger partial charge in [-0.1, -0.05) is 12.1 Å². The molecular weight excluding hydrogens is 328 g/mol. The smallest absolute Gasteiger partial charge is 0.231 e. The summed E-state index contributed by atoms with van der Waals surface area (Å²) in [5.74, 6) is 2.03. The molecule has 0 spiro atoms. The molecule has 1 aromatic heterocycles. The second kappa shape index (κ2) is 5.35. The van der Waals surface area contributed by atoms with Gasteiger partial charge in [0.1, 0.15) is 0 Å². The quantitative estimate of drug-likeness (QED) is 0.715. The molecule has 0 amide bonds. The highest BCUT2D eigenvalue weighted by molar-refractivity contribution is 5.88. The Balaban J connectivity index is 1.49. The summed E-state index contributed by atoms with van der Waals surface area (Å²) in [6.07, 6.45) is 2.97. The van der Waals surface area contributed by atoms with Gasteiger partial charge < -0.3 is 19.5 Å². The fraction of sp³-hybridized carbons (Fsp3) is 0.286. The van der Waals surface area contributed by atoms with Crippen LogP contribution in [-0.2, 0) is 4.74 Å². The average Bonchev–Trinajstić information content (AvgIpc) is 3.35. The third kappa shape index (κ3) is 1.98. The minimum absolute atomic E-state index is 0.0922. The average molecular weight is 346 g/mol. The monoisotopic (exact) mass is 346 g/mol. The van der Waals surface area contributed by atoms with Crippen molar-refractivity contribution in [2.24, 2.45) is 5.92 Å². The van der Waals surface area contributed by atoms with Crippen molar-refractivity contribution in [3.8, 4) is 11.5 Å². The maximum absolute atomic E-state index is 6.21. The molecule has 1 saturated heterocycles. The zero-order valence-electron chi connectivity index (χ0n) is 14.1. The van der Waals surface area contributed by atoms with E-state index in [1.165, 1.54) is 16.5 Å². The van der Waals surface area contributed by atoms with Gasteiger partial charge in [-0.3, -0.25) is 4.98 Å². The van der Waals surface area contributed by atoms with Crippen molar-refractivity contribution >= 4 is 16.6 Å². The van der Waals surface area contributed by atoms with Crippen molar-refractivity contribution in [2.45, 2.75) is 18.6 Å². The highest BCUT2D eigenvalue weighted by atomic mass is 16.7. The predicted octanol–water partition coefficient (Wildman–Crippen LogP) is 4.21. The van der Waals surface area contributed by atoms with Gasteiger partial charge in [0.15, 0.2) is 11.5 Å². The molecule has 4 heterocycles. The van der Waals surface area contributed by atoms with E-state index in [1.54, 1.807) is 0 Å². The molecule has 3 aromatic rings. The fourth-order valence-corrected chi connectivity index (χ4v) is 4.56. The number of ether oxygens (including phenoxy) is 3. The largest absolute Gasteiger partial charge is 0.454 e. The van der Waals surface area contributed by atoms with E-state index < -0.39 is 0 Å². The Morgan fingerprint density at radius 3 is 3.00 bits per heavy atom. The maximum atomic E-state index is 6.21. The van der Waals surface area contributed by atoms with E-state index in [2.05, 4.69) is 40.6 Å². The lowest BCUT2D eigenvalue weighted by Gasteiger charge is -2.37. The van der Waals surface area contributed by atoms with Crippen LogP contribution in [0.15, 0.2) is 48.7 Å². The Morgan fingerprint density at radius 1 is 1.04 bits per heavy atom. The number of rotatable bonds is 1. The zero-order chi connectivity index (χ0) is 17.1. The molecule has 0 saturated carbocycles. The molecule has 0 bridgehead atoms. The maximum Gasteiger partial charge on any atom is 0.231 e. The van der Waals surface area contributed by atoms with Gasteiger partial charge in [0.25, 0.3) is 0 Å². The normalized spacial score (nSPS) is 25.6. The van der Waals surface area contributed by atoms with Gasteiger partial charge in [0.05, 0.1) is 17.7 Å². The summed E-state index contributed by atoms with van der Waals surface area (Å²) in [4.78, 5) is 4.51. The van der Waals surface area contributed by atoms with Gasteiger partial charge in [-0.25, -0.2) is 0 Å². The van der Waals surface area contributed by atoms with Crippen LogP contribution in [0.4, 0.5) is 5.69 Å². The summed E-state index contributed by atoms with van der Waals surface area (Å²) in [5.41, 5.74) is 4.61. The Kier molecular flexibility index (Phi) is 2.96. The number of benzene rings is 2. The van der Waals surface area contributed by atoms with Crippen LogP contribution in [0, 0.1) is 5.92 Å². The second-order valence-electron chi connectivity index (χ2n) is 7.08. The number of hydrogen-bond donors (Lipinski definition) is 1. The van der Waals surface area contributed by atoms with E-state index in [4.69, 9.17) is 14.2 Å². The molecule has 0 aliphatic carbocycles. The molecular formula is C21H18N2O3. The molecule has 3 atom stereocenters. The summed E-state index contributed by atoms with van der Waals surface area (Å²) in [7, 11) is 0. The molecule has 130 valence electrons. The Hall–Kier alpha value is -2.79. The molecule has 3 aliphatic rings. The highest BCUT2D eigenvalue weighted by Gasteiger charge is 2.42. The van der Waals surface area contributed by atoms with Crippen molar-refractivity contribution in [3.05, 3.63) is 59.8 Å². The summed E-state index contributed by atoms with van der Waals surface area (Å²) >= 11 is 0. The van der Waals surface area contributed by atoms with Crippen molar-refractivity contribution < 1.29 is 14.2 Å². The van der Waals surface area contributed by atoms with Crippen LogP contribution in [0.3, 0.4) is 0 Å². The van der Waals surface area contributed by atoms with Crippen LogP contribution in [0.1, 0.15) is 29.7 Å². The number of hydrogen-bond acceptors (Lipinski definition) is 5. The lowest BCUT2D eigenvalue weighted by atomic mass is 9.80. The molecule has 5 heteroatoms. The van der Waals surface area contributed by atoms with Gasteiger partial charge in [0.2, 0.25) is 6.79 Å². The predicted molar refractivity (Wildman–Crippen MR) is 97.5 cm³/mol. The van der Waals surface area contributed by atoms with Crippen LogP contribution >= 0.6 is 0 Å². The fourth-order valence-electron chi connectivity index (χ4n) is 4.56. The van der Waals surface area contributed by atoms with E-state index in [0.717, 1.165) is 35.7 Å². The van der Waals surface area contributed by atoms with Gasteiger partial charge in [-0.05, 0) is 42.3 Å². The number of aromatic nitrogens is 1. The van der Waals surface area contributed by atoms with E-state index in [1.807, 2.05) is 18.3 Å². The van der Waals surface area contributed by atoms with Crippen LogP contribution < -0.4 is 14.8 Å². The van der Waals surface area contributed by atoms with Crippen molar-refractivity contribution in [1.29, 1.82) is 0 Å².